The molecule has 1 amide bonds. The number of hydrogen-bond donors (Lipinski definition) is 1. The predicted molar refractivity (Wildman–Crippen MR) is 91.8 cm³/mol. The third-order valence-electron chi connectivity index (χ3n) is 4.04. The molecule has 1 heterocycles. The number of aromatic nitrogens is 1. The minimum atomic E-state index is -0.367. The fourth-order valence-electron chi connectivity index (χ4n) is 2.34. The second-order valence-electron chi connectivity index (χ2n) is 5.73. The number of rotatable bonds is 8. The molecule has 24 heavy (non-hydrogen) atoms. The normalized spacial score (nSPS) is 11.8. The molecular formula is C18H24N2O4. The van der Waals surface area contributed by atoms with E-state index >= 15 is 0 Å². The fourth-order valence-corrected chi connectivity index (χ4v) is 2.34. The molecule has 0 radical (unpaired) electrons. The summed E-state index contributed by atoms with van der Waals surface area (Å²) in [6.45, 7) is 4.37. The van der Waals surface area contributed by atoms with Crippen molar-refractivity contribution in [2.75, 3.05) is 19.5 Å². The van der Waals surface area contributed by atoms with Crippen LogP contribution in [0, 0.1) is 5.92 Å². The van der Waals surface area contributed by atoms with Crippen molar-refractivity contribution in [1.29, 1.82) is 0 Å². The molecule has 1 aromatic carbocycles. The quantitative estimate of drug-likeness (QED) is 0.793. The molecule has 130 valence electrons. The monoisotopic (exact) mass is 332 g/mol. The molecule has 0 saturated heterocycles. The zero-order valence-electron chi connectivity index (χ0n) is 14.6. The number of amides is 1. The predicted octanol–water partition coefficient (Wildman–Crippen LogP) is 3.92. The van der Waals surface area contributed by atoms with Gasteiger partial charge in [-0.25, -0.2) is 0 Å². The molecule has 2 rings (SSSR count). The van der Waals surface area contributed by atoms with E-state index in [4.69, 9.17) is 14.0 Å². The minimum absolute atomic E-state index is 0.312. The number of anilines is 1. The van der Waals surface area contributed by atoms with E-state index in [0.717, 1.165) is 25.0 Å². The minimum Gasteiger partial charge on any atom is -0.496 e. The lowest BCUT2D eigenvalue weighted by atomic mass is 10.0. The lowest BCUT2D eigenvalue weighted by Crippen LogP contribution is -2.14. The van der Waals surface area contributed by atoms with Crippen molar-refractivity contribution in [3.63, 3.8) is 0 Å². The summed E-state index contributed by atoms with van der Waals surface area (Å²) in [5, 5.41) is 6.70. The standard InChI is InChI=1S/C18H24N2O4/c1-5-12(2)9-10-13-11-16(24-20-13)19-18(21)17-14(22-3)7-6-8-15(17)23-4/h6-8,11-12H,5,9-10H2,1-4H3,(H,19,21)/t12-/m1/s1. The maximum absolute atomic E-state index is 12.5. The second-order valence-corrected chi connectivity index (χ2v) is 5.73. The molecule has 0 aliphatic carbocycles. The highest BCUT2D eigenvalue weighted by Gasteiger charge is 2.19. The van der Waals surface area contributed by atoms with Gasteiger partial charge >= 0.3 is 0 Å². The highest BCUT2D eigenvalue weighted by Crippen LogP contribution is 2.29. The van der Waals surface area contributed by atoms with E-state index in [2.05, 4.69) is 24.3 Å². The Hall–Kier alpha value is -2.50. The van der Waals surface area contributed by atoms with Crippen LogP contribution in [0.15, 0.2) is 28.8 Å². The first-order valence-electron chi connectivity index (χ1n) is 8.07. The summed E-state index contributed by atoms with van der Waals surface area (Å²) in [5.41, 5.74) is 1.15. The molecule has 1 aromatic heterocycles. The molecule has 1 N–H and O–H groups in total. The largest absolute Gasteiger partial charge is 0.496 e. The van der Waals surface area contributed by atoms with Gasteiger partial charge in [0.2, 0.25) is 5.88 Å². The molecule has 2 aromatic rings. The van der Waals surface area contributed by atoms with Gasteiger partial charge in [0.15, 0.2) is 0 Å². The number of nitrogens with zero attached hydrogens (tertiary/aromatic N) is 1. The second kappa shape index (κ2) is 8.38. The summed E-state index contributed by atoms with van der Waals surface area (Å²) in [6, 6.07) is 6.92. The maximum Gasteiger partial charge on any atom is 0.265 e. The molecule has 0 saturated carbocycles. The number of nitrogens with one attached hydrogen (secondary N) is 1. The summed E-state index contributed by atoms with van der Waals surface area (Å²) in [5.74, 6) is 1.45. The zero-order chi connectivity index (χ0) is 17.5. The van der Waals surface area contributed by atoms with Gasteiger partial charge in [0.25, 0.3) is 5.91 Å². The summed E-state index contributed by atoms with van der Waals surface area (Å²) in [6.07, 6.45) is 3.00. The molecule has 0 spiro atoms. The Morgan fingerprint density at radius 2 is 1.96 bits per heavy atom. The highest BCUT2D eigenvalue weighted by atomic mass is 16.5. The van der Waals surface area contributed by atoms with Gasteiger partial charge in [0.05, 0.1) is 19.9 Å². The molecular weight excluding hydrogens is 308 g/mol. The van der Waals surface area contributed by atoms with Gasteiger partial charge < -0.3 is 14.0 Å². The third kappa shape index (κ3) is 4.28. The van der Waals surface area contributed by atoms with Crippen molar-refractivity contribution in [3.05, 3.63) is 35.5 Å². The molecule has 6 nitrogen and oxygen atoms in total. The number of carbonyl (C=O) groups is 1. The van der Waals surface area contributed by atoms with Gasteiger partial charge in [-0.15, -0.1) is 0 Å². The number of hydrogen-bond acceptors (Lipinski definition) is 5. The zero-order valence-corrected chi connectivity index (χ0v) is 14.6. The maximum atomic E-state index is 12.5. The van der Waals surface area contributed by atoms with Crippen molar-refractivity contribution in [1.82, 2.24) is 5.16 Å². The van der Waals surface area contributed by atoms with Crippen molar-refractivity contribution >= 4 is 11.8 Å². The lowest BCUT2D eigenvalue weighted by molar-refractivity contribution is 0.101. The van der Waals surface area contributed by atoms with Crippen molar-refractivity contribution in [3.8, 4) is 11.5 Å². The molecule has 6 heteroatoms. The first-order valence-corrected chi connectivity index (χ1v) is 8.07. The van der Waals surface area contributed by atoms with E-state index in [9.17, 15) is 4.79 Å². The third-order valence-corrected chi connectivity index (χ3v) is 4.04. The van der Waals surface area contributed by atoms with Gasteiger partial charge in [-0.2, -0.15) is 0 Å². The summed E-state index contributed by atoms with van der Waals surface area (Å²) in [4.78, 5) is 12.5. The Morgan fingerprint density at radius 1 is 1.29 bits per heavy atom. The van der Waals surface area contributed by atoms with Crippen LogP contribution in [-0.4, -0.2) is 25.3 Å². The number of methoxy groups -OCH3 is 2. The number of ether oxygens (including phenoxy) is 2. The Kier molecular flexibility index (Phi) is 6.23. The number of carbonyl (C=O) groups excluding carboxylic acids is 1. The van der Waals surface area contributed by atoms with Crippen LogP contribution in [0.1, 0.15) is 42.7 Å². The van der Waals surface area contributed by atoms with Crippen molar-refractivity contribution in [2.24, 2.45) is 5.92 Å². The van der Waals surface area contributed by atoms with Crippen LogP contribution in [0.3, 0.4) is 0 Å². The highest BCUT2D eigenvalue weighted by molar-refractivity contribution is 6.07. The van der Waals surface area contributed by atoms with Gasteiger partial charge in [0.1, 0.15) is 17.1 Å². The Balaban J connectivity index is 2.09. The van der Waals surface area contributed by atoms with E-state index in [1.54, 1.807) is 24.3 Å². The molecule has 1 atom stereocenters. The van der Waals surface area contributed by atoms with Gasteiger partial charge in [-0.3, -0.25) is 10.1 Å². The van der Waals surface area contributed by atoms with Gasteiger partial charge in [-0.05, 0) is 30.9 Å². The number of benzene rings is 1. The fraction of sp³-hybridized carbons (Fsp3) is 0.444. The average molecular weight is 332 g/mol. The van der Waals surface area contributed by atoms with Crippen LogP contribution in [0.4, 0.5) is 5.88 Å². The average Bonchev–Trinajstić information content (AvgIpc) is 3.05. The van der Waals surface area contributed by atoms with Crippen LogP contribution in [0.5, 0.6) is 11.5 Å². The first-order chi connectivity index (χ1) is 11.6. The van der Waals surface area contributed by atoms with E-state index in [1.807, 2.05) is 0 Å². The summed E-state index contributed by atoms with van der Waals surface area (Å²) in [7, 11) is 3.01. The van der Waals surface area contributed by atoms with Gasteiger partial charge in [0, 0.05) is 6.07 Å². The van der Waals surface area contributed by atoms with E-state index in [0.29, 0.717) is 28.9 Å². The molecule has 0 fully saturated rings. The number of aryl methyl sites for hydroxylation is 1. The van der Waals surface area contributed by atoms with Crippen LogP contribution in [-0.2, 0) is 6.42 Å². The summed E-state index contributed by atoms with van der Waals surface area (Å²) < 4.78 is 15.7. The Morgan fingerprint density at radius 3 is 2.54 bits per heavy atom. The smallest absolute Gasteiger partial charge is 0.265 e. The van der Waals surface area contributed by atoms with Crippen LogP contribution < -0.4 is 14.8 Å². The SMILES string of the molecule is CC[C@@H](C)CCc1cc(NC(=O)c2c(OC)cccc2OC)on1. The first kappa shape index (κ1) is 17.8. The topological polar surface area (TPSA) is 73.6 Å². The molecule has 0 aliphatic rings. The lowest BCUT2D eigenvalue weighted by Gasteiger charge is -2.11. The van der Waals surface area contributed by atoms with Crippen LogP contribution in [0.2, 0.25) is 0 Å². The van der Waals surface area contributed by atoms with Crippen LogP contribution in [0.25, 0.3) is 0 Å². The van der Waals surface area contributed by atoms with Gasteiger partial charge in [-0.1, -0.05) is 31.5 Å². The van der Waals surface area contributed by atoms with Crippen molar-refractivity contribution < 1.29 is 18.8 Å². The van der Waals surface area contributed by atoms with E-state index in [1.165, 1.54) is 14.2 Å². The van der Waals surface area contributed by atoms with E-state index in [-0.39, 0.29) is 5.91 Å². The van der Waals surface area contributed by atoms with Crippen molar-refractivity contribution in [2.45, 2.75) is 33.1 Å². The molecule has 0 unspecified atom stereocenters. The Bertz CT molecular complexity index is 659. The summed E-state index contributed by atoms with van der Waals surface area (Å²) >= 11 is 0. The van der Waals surface area contributed by atoms with Crippen LogP contribution >= 0.6 is 0 Å². The molecule has 0 bridgehead atoms. The van der Waals surface area contributed by atoms with E-state index < -0.39 is 0 Å². The Labute approximate surface area is 142 Å². The molecule has 0 aliphatic heterocycles.